The largest absolute Gasteiger partial charge is 0.282 e. The van der Waals surface area contributed by atoms with Gasteiger partial charge < -0.3 is 0 Å². The smallest absolute Gasteiger partial charge is 0.269 e. The lowest BCUT2D eigenvalue weighted by atomic mass is 9.81. The maximum absolute atomic E-state index is 12.3. The fraction of sp³-hybridized carbons (Fsp3) is 0.444. The van der Waals surface area contributed by atoms with E-state index < -0.39 is 11.8 Å². The van der Waals surface area contributed by atoms with Gasteiger partial charge in [-0.25, -0.2) is 0 Å². The summed E-state index contributed by atoms with van der Waals surface area (Å²) in [7, 11) is 0. The van der Waals surface area contributed by atoms with E-state index in [2.05, 4.69) is 10.9 Å². The monoisotopic (exact) mass is 377 g/mol. The Morgan fingerprint density at radius 2 is 1.58 bits per heavy atom. The molecule has 1 saturated heterocycles. The van der Waals surface area contributed by atoms with Crippen LogP contribution in [0, 0.1) is 11.8 Å². The second-order valence-corrected chi connectivity index (χ2v) is 7.02. The zero-order chi connectivity index (χ0) is 18.7. The molecule has 3 rings (SSSR count). The highest BCUT2D eigenvalue weighted by Gasteiger charge is 2.47. The zero-order valence-electron chi connectivity index (χ0n) is 14.2. The van der Waals surface area contributed by atoms with Crippen molar-refractivity contribution in [2.45, 2.75) is 32.1 Å². The summed E-state index contributed by atoms with van der Waals surface area (Å²) in [6.07, 6.45) is 3.36. The Bertz CT molecular complexity index is 710. The van der Waals surface area contributed by atoms with Gasteiger partial charge in [0.05, 0.1) is 11.8 Å². The van der Waals surface area contributed by atoms with Crippen molar-refractivity contribution in [3.05, 3.63) is 34.9 Å². The Morgan fingerprint density at radius 3 is 2.15 bits per heavy atom. The molecule has 0 spiro atoms. The molecule has 4 amide bonds. The SMILES string of the molecule is O=C(CCN1C(=O)[C@H]2CCCC[C@@H]2C1=O)NNC(=O)c1ccc(Cl)cc1. The summed E-state index contributed by atoms with van der Waals surface area (Å²) < 4.78 is 0. The van der Waals surface area contributed by atoms with Crippen LogP contribution in [0.25, 0.3) is 0 Å². The summed E-state index contributed by atoms with van der Waals surface area (Å²) in [6.45, 7) is 0.0350. The Kier molecular flexibility index (Phi) is 5.56. The highest BCUT2D eigenvalue weighted by molar-refractivity contribution is 6.30. The van der Waals surface area contributed by atoms with E-state index in [1.807, 2.05) is 0 Å². The van der Waals surface area contributed by atoms with Crippen molar-refractivity contribution in [3.8, 4) is 0 Å². The number of hydrogen-bond acceptors (Lipinski definition) is 4. The van der Waals surface area contributed by atoms with Crippen molar-refractivity contribution >= 4 is 35.2 Å². The van der Waals surface area contributed by atoms with E-state index in [9.17, 15) is 19.2 Å². The average molecular weight is 378 g/mol. The number of nitrogens with zero attached hydrogens (tertiary/aromatic N) is 1. The lowest BCUT2D eigenvalue weighted by Crippen LogP contribution is -2.43. The molecule has 1 aliphatic carbocycles. The number of carbonyl (C=O) groups is 4. The number of likely N-dealkylation sites (tertiary alicyclic amines) is 1. The second kappa shape index (κ2) is 7.86. The van der Waals surface area contributed by atoms with Gasteiger partial charge in [-0.1, -0.05) is 24.4 Å². The molecule has 1 saturated carbocycles. The van der Waals surface area contributed by atoms with Crippen molar-refractivity contribution in [3.63, 3.8) is 0 Å². The molecule has 0 radical (unpaired) electrons. The van der Waals surface area contributed by atoms with E-state index in [1.54, 1.807) is 12.1 Å². The Labute approximate surface area is 156 Å². The van der Waals surface area contributed by atoms with E-state index >= 15 is 0 Å². The highest BCUT2D eigenvalue weighted by Crippen LogP contribution is 2.37. The summed E-state index contributed by atoms with van der Waals surface area (Å²) in [4.78, 5) is 49.7. The summed E-state index contributed by atoms with van der Waals surface area (Å²) in [5, 5.41) is 0.506. The standard InChI is InChI=1S/C18H20ClN3O4/c19-12-7-5-11(6-8-12)16(24)21-20-15(23)9-10-22-17(25)13-3-1-2-4-14(13)18(22)26/h5-8,13-14H,1-4,9-10H2,(H,20,23)(H,21,24)/t13-,14-/m0/s1. The molecule has 0 aromatic heterocycles. The topological polar surface area (TPSA) is 95.6 Å². The normalized spacial score (nSPS) is 22.1. The van der Waals surface area contributed by atoms with E-state index in [1.165, 1.54) is 17.0 Å². The number of hydrogen-bond donors (Lipinski definition) is 2. The van der Waals surface area contributed by atoms with Crippen LogP contribution in [0.5, 0.6) is 0 Å². The van der Waals surface area contributed by atoms with Crippen LogP contribution in [0.1, 0.15) is 42.5 Å². The van der Waals surface area contributed by atoms with Gasteiger partial charge in [-0.05, 0) is 37.1 Å². The summed E-state index contributed by atoms with van der Waals surface area (Å²) in [5.41, 5.74) is 4.94. The average Bonchev–Trinajstić information content (AvgIpc) is 2.89. The molecule has 138 valence electrons. The van der Waals surface area contributed by atoms with Gasteiger partial charge in [-0.2, -0.15) is 0 Å². The number of carbonyl (C=O) groups excluding carboxylic acids is 4. The lowest BCUT2D eigenvalue weighted by molar-refractivity contribution is -0.140. The molecular weight excluding hydrogens is 358 g/mol. The molecule has 2 aliphatic rings. The van der Waals surface area contributed by atoms with Crippen LogP contribution in [0.15, 0.2) is 24.3 Å². The number of imide groups is 1. The van der Waals surface area contributed by atoms with Crippen molar-refractivity contribution in [2.75, 3.05) is 6.54 Å². The van der Waals surface area contributed by atoms with Crippen LogP contribution in [0.4, 0.5) is 0 Å². The van der Waals surface area contributed by atoms with E-state index in [0.717, 1.165) is 25.7 Å². The molecular formula is C18H20ClN3O4. The van der Waals surface area contributed by atoms with Crippen LogP contribution < -0.4 is 10.9 Å². The maximum Gasteiger partial charge on any atom is 0.269 e. The Balaban J connectivity index is 1.47. The van der Waals surface area contributed by atoms with Crippen LogP contribution in [-0.2, 0) is 14.4 Å². The fourth-order valence-corrected chi connectivity index (χ4v) is 3.65. The van der Waals surface area contributed by atoms with Crippen molar-refractivity contribution < 1.29 is 19.2 Å². The Morgan fingerprint density at radius 1 is 1.00 bits per heavy atom. The molecule has 0 unspecified atom stereocenters. The minimum atomic E-state index is -0.477. The first-order valence-electron chi connectivity index (χ1n) is 8.67. The van der Waals surface area contributed by atoms with Gasteiger partial charge in [-0.3, -0.25) is 34.9 Å². The summed E-state index contributed by atoms with van der Waals surface area (Å²) >= 11 is 5.76. The van der Waals surface area contributed by atoms with Crippen LogP contribution in [0.2, 0.25) is 5.02 Å². The van der Waals surface area contributed by atoms with Gasteiger partial charge in [0.1, 0.15) is 0 Å². The van der Waals surface area contributed by atoms with Gasteiger partial charge in [0, 0.05) is 23.6 Å². The van der Waals surface area contributed by atoms with Crippen molar-refractivity contribution in [1.29, 1.82) is 0 Å². The van der Waals surface area contributed by atoms with Gasteiger partial charge in [-0.15, -0.1) is 0 Å². The minimum Gasteiger partial charge on any atom is -0.282 e. The predicted molar refractivity (Wildman–Crippen MR) is 93.8 cm³/mol. The molecule has 1 aliphatic heterocycles. The molecule has 1 aromatic rings. The fourth-order valence-electron chi connectivity index (χ4n) is 3.53. The van der Waals surface area contributed by atoms with Gasteiger partial charge in [0.15, 0.2) is 0 Å². The number of nitrogens with one attached hydrogen (secondary N) is 2. The lowest BCUT2D eigenvalue weighted by Gasteiger charge is -2.19. The predicted octanol–water partition coefficient (Wildman–Crippen LogP) is 1.67. The molecule has 8 heteroatoms. The Hall–Kier alpha value is -2.41. The quantitative estimate of drug-likeness (QED) is 0.616. The van der Waals surface area contributed by atoms with Crippen molar-refractivity contribution in [2.24, 2.45) is 11.8 Å². The number of benzene rings is 1. The van der Waals surface area contributed by atoms with E-state index in [-0.39, 0.29) is 36.6 Å². The number of halogens is 1. The van der Waals surface area contributed by atoms with Crippen molar-refractivity contribution in [1.82, 2.24) is 15.8 Å². The molecule has 7 nitrogen and oxygen atoms in total. The minimum absolute atomic E-state index is 0.0350. The van der Waals surface area contributed by atoms with E-state index in [0.29, 0.717) is 10.6 Å². The number of hydrazine groups is 1. The second-order valence-electron chi connectivity index (χ2n) is 6.58. The third kappa shape index (κ3) is 3.88. The molecule has 2 N–H and O–H groups in total. The van der Waals surface area contributed by atoms with Gasteiger partial charge in [0.25, 0.3) is 5.91 Å². The van der Waals surface area contributed by atoms with Crippen LogP contribution in [-0.4, -0.2) is 35.1 Å². The summed E-state index contributed by atoms with van der Waals surface area (Å²) in [5.74, 6) is -1.72. The number of rotatable bonds is 4. The van der Waals surface area contributed by atoms with E-state index in [4.69, 9.17) is 11.6 Å². The first-order valence-corrected chi connectivity index (χ1v) is 9.05. The van der Waals surface area contributed by atoms with Crippen LogP contribution in [0.3, 0.4) is 0 Å². The summed E-state index contributed by atoms with van der Waals surface area (Å²) in [6, 6.07) is 6.21. The van der Waals surface area contributed by atoms with Gasteiger partial charge in [0.2, 0.25) is 17.7 Å². The highest BCUT2D eigenvalue weighted by atomic mass is 35.5. The van der Waals surface area contributed by atoms with Gasteiger partial charge >= 0.3 is 0 Å². The zero-order valence-corrected chi connectivity index (χ0v) is 14.9. The molecule has 1 heterocycles. The number of fused-ring (bicyclic) bond motifs is 1. The maximum atomic E-state index is 12.3. The molecule has 0 bridgehead atoms. The number of amides is 4. The molecule has 26 heavy (non-hydrogen) atoms. The molecule has 2 fully saturated rings. The molecule has 2 atom stereocenters. The first kappa shape index (κ1) is 18.4. The molecule has 1 aromatic carbocycles. The van der Waals surface area contributed by atoms with Crippen LogP contribution >= 0.6 is 11.6 Å². The third-order valence-electron chi connectivity index (χ3n) is 4.92. The first-order chi connectivity index (χ1) is 12.5. The third-order valence-corrected chi connectivity index (χ3v) is 5.17.